The fraction of sp³-hybridized carbons (Fsp3) is 0.500. The Morgan fingerprint density at radius 3 is 2.53 bits per heavy atom. The number of hydrogen-bond acceptors (Lipinski definition) is 4. The second kappa shape index (κ2) is 7.50. The van der Waals surface area contributed by atoms with E-state index in [2.05, 4.69) is 31.9 Å². The molecule has 1 aromatic rings. The maximum absolute atomic E-state index is 11.0. The standard InChI is InChI=1S/C12H16Br2O4S/c1-17-11-7-9(8-13)6-10(14)12(11)18-4-3-5-19(2,15)16/h6-7H,3-5,8H2,1-2H3. The Kier molecular flexibility index (Phi) is 6.62. The van der Waals surface area contributed by atoms with E-state index in [4.69, 9.17) is 9.47 Å². The lowest BCUT2D eigenvalue weighted by molar-refractivity contribution is 0.292. The van der Waals surface area contributed by atoms with Crippen molar-refractivity contribution in [2.45, 2.75) is 11.8 Å². The van der Waals surface area contributed by atoms with Crippen molar-refractivity contribution in [1.82, 2.24) is 0 Å². The first kappa shape index (κ1) is 16.8. The lowest BCUT2D eigenvalue weighted by atomic mass is 10.2. The highest BCUT2D eigenvalue weighted by Gasteiger charge is 2.11. The molecule has 1 aromatic carbocycles. The van der Waals surface area contributed by atoms with Crippen LogP contribution in [-0.4, -0.2) is 34.1 Å². The van der Waals surface area contributed by atoms with Crippen LogP contribution in [-0.2, 0) is 15.2 Å². The molecule has 1 rings (SSSR count). The molecule has 0 fully saturated rings. The predicted molar refractivity (Wildman–Crippen MR) is 83.1 cm³/mol. The normalized spacial score (nSPS) is 11.4. The van der Waals surface area contributed by atoms with Gasteiger partial charge in [0.1, 0.15) is 9.84 Å². The van der Waals surface area contributed by atoms with Gasteiger partial charge < -0.3 is 9.47 Å². The topological polar surface area (TPSA) is 52.6 Å². The van der Waals surface area contributed by atoms with E-state index in [1.807, 2.05) is 12.1 Å². The van der Waals surface area contributed by atoms with Gasteiger partial charge in [-0.2, -0.15) is 0 Å². The van der Waals surface area contributed by atoms with Crippen LogP contribution in [0.2, 0.25) is 0 Å². The van der Waals surface area contributed by atoms with Crippen molar-refractivity contribution in [3.63, 3.8) is 0 Å². The highest BCUT2D eigenvalue weighted by atomic mass is 79.9. The highest BCUT2D eigenvalue weighted by molar-refractivity contribution is 9.10. The number of rotatable bonds is 7. The Morgan fingerprint density at radius 2 is 2.00 bits per heavy atom. The number of methoxy groups -OCH3 is 1. The molecule has 0 unspecified atom stereocenters. The van der Waals surface area contributed by atoms with Gasteiger partial charge >= 0.3 is 0 Å². The summed E-state index contributed by atoms with van der Waals surface area (Å²) in [5, 5.41) is 0.719. The van der Waals surface area contributed by atoms with Crippen LogP contribution in [0.1, 0.15) is 12.0 Å². The Hall–Kier alpha value is -0.270. The smallest absolute Gasteiger partial charge is 0.175 e. The molecule has 0 radical (unpaired) electrons. The fourth-order valence-corrected chi connectivity index (χ4v) is 3.06. The number of benzene rings is 1. The summed E-state index contributed by atoms with van der Waals surface area (Å²) in [5.74, 6) is 1.34. The summed E-state index contributed by atoms with van der Waals surface area (Å²) in [6, 6.07) is 3.81. The summed E-state index contributed by atoms with van der Waals surface area (Å²) >= 11 is 6.81. The summed E-state index contributed by atoms with van der Waals surface area (Å²) in [4.78, 5) is 0. The average Bonchev–Trinajstić information content (AvgIpc) is 2.34. The van der Waals surface area contributed by atoms with E-state index in [-0.39, 0.29) is 5.75 Å². The third-order valence-corrected chi connectivity index (χ3v) is 4.62. The summed E-state index contributed by atoms with van der Waals surface area (Å²) in [5.41, 5.74) is 1.06. The van der Waals surface area contributed by atoms with Crippen LogP contribution in [0.5, 0.6) is 11.5 Å². The molecule has 0 aromatic heterocycles. The molecular formula is C12H16Br2O4S. The van der Waals surface area contributed by atoms with Gasteiger partial charge in [-0.3, -0.25) is 0 Å². The molecule has 108 valence electrons. The van der Waals surface area contributed by atoms with Crippen LogP contribution < -0.4 is 9.47 Å². The van der Waals surface area contributed by atoms with Crippen molar-refractivity contribution in [2.75, 3.05) is 25.7 Å². The van der Waals surface area contributed by atoms with Gasteiger partial charge in [-0.1, -0.05) is 15.9 Å². The molecule has 0 heterocycles. The quantitative estimate of drug-likeness (QED) is 0.507. The highest BCUT2D eigenvalue weighted by Crippen LogP contribution is 2.37. The molecule has 7 heteroatoms. The van der Waals surface area contributed by atoms with E-state index < -0.39 is 9.84 Å². The van der Waals surface area contributed by atoms with E-state index in [1.165, 1.54) is 6.26 Å². The molecule has 0 amide bonds. The molecule has 19 heavy (non-hydrogen) atoms. The van der Waals surface area contributed by atoms with Crippen LogP contribution >= 0.6 is 31.9 Å². The fourth-order valence-electron chi connectivity index (χ4n) is 1.49. The summed E-state index contributed by atoms with van der Waals surface area (Å²) in [7, 11) is -1.37. The molecule has 0 N–H and O–H groups in total. The molecule has 0 aliphatic heterocycles. The molecule has 0 saturated heterocycles. The zero-order valence-corrected chi connectivity index (χ0v) is 14.8. The molecular weight excluding hydrogens is 400 g/mol. The Bertz CT molecular complexity index is 529. The third kappa shape index (κ3) is 5.71. The monoisotopic (exact) mass is 414 g/mol. The molecule has 4 nitrogen and oxygen atoms in total. The number of ether oxygens (including phenoxy) is 2. The van der Waals surface area contributed by atoms with Crippen molar-refractivity contribution >= 4 is 41.7 Å². The minimum Gasteiger partial charge on any atom is -0.493 e. The molecule has 0 aliphatic rings. The SMILES string of the molecule is COc1cc(CBr)cc(Br)c1OCCCS(C)(=O)=O. The maximum atomic E-state index is 11.0. The Balaban J connectivity index is 2.72. The van der Waals surface area contributed by atoms with Crippen molar-refractivity contribution in [1.29, 1.82) is 0 Å². The second-order valence-corrected chi connectivity index (χ2v) is 7.75. The third-order valence-electron chi connectivity index (χ3n) is 2.35. The van der Waals surface area contributed by atoms with Crippen LogP contribution in [0.25, 0.3) is 0 Å². The van der Waals surface area contributed by atoms with Gasteiger partial charge in [0.05, 0.1) is 23.9 Å². The average molecular weight is 416 g/mol. The van der Waals surface area contributed by atoms with Crippen molar-refractivity contribution in [2.24, 2.45) is 0 Å². The summed E-state index contributed by atoms with van der Waals surface area (Å²) < 4.78 is 33.7. The van der Waals surface area contributed by atoms with Gasteiger partial charge in [-0.05, 0) is 40.0 Å². The first-order valence-corrected chi connectivity index (χ1v) is 9.57. The lowest BCUT2D eigenvalue weighted by Gasteiger charge is -2.13. The van der Waals surface area contributed by atoms with Crippen LogP contribution in [0.15, 0.2) is 16.6 Å². The number of halogens is 2. The van der Waals surface area contributed by atoms with Crippen molar-refractivity contribution in [3.05, 3.63) is 22.2 Å². The molecule has 0 bridgehead atoms. The van der Waals surface area contributed by atoms with Gasteiger partial charge in [0.15, 0.2) is 11.5 Å². The largest absolute Gasteiger partial charge is 0.493 e. The molecule has 0 atom stereocenters. The first-order chi connectivity index (χ1) is 8.87. The maximum Gasteiger partial charge on any atom is 0.175 e. The second-order valence-electron chi connectivity index (χ2n) is 4.07. The van der Waals surface area contributed by atoms with Gasteiger partial charge in [-0.25, -0.2) is 8.42 Å². The number of alkyl halides is 1. The van der Waals surface area contributed by atoms with Gasteiger partial charge in [0.25, 0.3) is 0 Å². The summed E-state index contributed by atoms with van der Waals surface area (Å²) in [6.07, 6.45) is 1.67. The zero-order valence-electron chi connectivity index (χ0n) is 10.8. The predicted octanol–water partition coefficient (Wildman–Crippen LogP) is 3.17. The van der Waals surface area contributed by atoms with Crippen molar-refractivity contribution in [3.8, 4) is 11.5 Å². The van der Waals surface area contributed by atoms with Crippen LogP contribution in [0.3, 0.4) is 0 Å². The van der Waals surface area contributed by atoms with Gasteiger partial charge in [0.2, 0.25) is 0 Å². The van der Waals surface area contributed by atoms with Crippen molar-refractivity contribution < 1.29 is 17.9 Å². The zero-order chi connectivity index (χ0) is 14.5. The van der Waals surface area contributed by atoms with E-state index in [1.54, 1.807) is 7.11 Å². The Morgan fingerprint density at radius 1 is 1.32 bits per heavy atom. The minimum atomic E-state index is -2.94. The summed E-state index contributed by atoms with van der Waals surface area (Å²) in [6.45, 7) is 0.329. The van der Waals surface area contributed by atoms with Gasteiger partial charge in [-0.15, -0.1) is 0 Å². The minimum absolute atomic E-state index is 0.117. The number of hydrogen-bond donors (Lipinski definition) is 0. The lowest BCUT2D eigenvalue weighted by Crippen LogP contribution is -2.08. The first-order valence-electron chi connectivity index (χ1n) is 5.60. The number of sulfone groups is 1. The molecule has 0 aliphatic carbocycles. The molecule has 0 spiro atoms. The van der Waals surface area contributed by atoms with E-state index in [0.29, 0.717) is 24.5 Å². The van der Waals surface area contributed by atoms with E-state index >= 15 is 0 Å². The van der Waals surface area contributed by atoms with Crippen LogP contribution in [0.4, 0.5) is 0 Å². The van der Waals surface area contributed by atoms with Crippen LogP contribution in [0, 0.1) is 0 Å². The Labute approximate surface area is 130 Å². The van der Waals surface area contributed by atoms with E-state index in [0.717, 1.165) is 15.4 Å². The van der Waals surface area contributed by atoms with E-state index in [9.17, 15) is 8.42 Å². The molecule has 0 saturated carbocycles. The van der Waals surface area contributed by atoms with Gasteiger partial charge in [0, 0.05) is 11.6 Å².